The first-order valence-corrected chi connectivity index (χ1v) is 8.10. The van der Waals surface area contributed by atoms with E-state index in [1.165, 1.54) is 12.1 Å². The zero-order valence-electron chi connectivity index (χ0n) is 13.4. The lowest BCUT2D eigenvalue weighted by Gasteiger charge is -2.36. The van der Waals surface area contributed by atoms with E-state index in [0.29, 0.717) is 32.8 Å². The van der Waals surface area contributed by atoms with Crippen molar-refractivity contribution < 1.29 is 18.7 Å². The Morgan fingerprint density at radius 1 is 1.17 bits per heavy atom. The summed E-state index contributed by atoms with van der Waals surface area (Å²) < 4.78 is 24.3. The number of morpholine rings is 2. The van der Waals surface area contributed by atoms with Gasteiger partial charge >= 0.3 is 0 Å². The molecule has 1 aromatic rings. The molecular formula is C17H23FN2O3. The number of carbonyl (C=O) groups excluding carboxylic acids is 1. The predicted octanol–water partition coefficient (Wildman–Crippen LogP) is 1.45. The number of nitrogens with zero attached hydrogens (tertiary/aromatic N) is 2. The summed E-state index contributed by atoms with van der Waals surface area (Å²) in [6.07, 6.45) is -0.00915. The number of hydrogen-bond donors (Lipinski definition) is 0. The Hall–Kier alpha value is -1.50. The Morgan fingerprint density at radius 2 is 1.91 bits per heavy atom. The van der Waals surface area contributed by atoms with Crippen LogP contribution in [0.25, 0.3) is 0 Å². The van der Waals surface area contributed by atoms with Gasteiger partial charge in [0.05, 0.1) is 32.4 Å². The fourth-order valence-electron chi connectivity index (χ4n) is 3.08. The van der Waals surface area contributed by atoms with E-state index in [0.717, 1.165) is 18.7 Å². The lowest BCUT2D eigenvalue weighted by Crippen LogP contribution is -2.50. The van der Waals surface area contributed by atoms with Crippen molar-refractivity contribution in [2.45, 2.75) is 19.1 Å². The molecule has 1 aromatic carbocycles. The van der Waals surface area contributed by atoms with Gasteiger partial charge in [0.2, 0.25) is 5.91 Å². The smallest absolute Gasteiger partial charge is 0.236 e. The molecule has 0 spiro atoms. The van der Waals surface area contributed by atoms with Crippen molar-refractivity contribution in [3.8, 4) is 0 Å². The molecule has 0 N–H and O–H groups in total. The third-order valence-corrected chi connectivity index (χ3v) is 4.35. The van der Waals surface area contributed by atoms with Crippen molar-refractivity contribution in [2.24, 2.45) is 0 Å². The van der Waals surface area contributed by atoms with E-state index in [1.54, 1.807) is 12.1 Å². The molecule has 6 heteroatoms. The highest BCUT2D eigenvalue weighted by molar-refractivity contribution is 5.78. The van der Waals surface area contributed by atoms with Crippen LogP contribution in [0.2, 0.25) is 0 Å². The minimum absolute atomic E-state index is 0.120. The second kappa shape index (κ2) is 7.38. The molecular weight excluding hydrogens is 299 g/mol. The molecule has 2 fully saturated rings. The van der Waals surface area contributed by atoms with Crippen molar-refractivity contribution in [1.82, 2.24) is 9.80 Å². The SMILES string of the molecule is CC1CN(CC(=O)N2CCOC(c3ccc(F)cc3)C2)CCO1. The first-order chi connectivity index (χ1) is 11.1. The zero-order valence-corrected chi connectivity index (χ0v) is 13.4. The molecule has 2 aliphatic heterocycles. The van der Waals surface area contributed by atoms with Gasteiger partial charge in [-0.2, -0.15) is 0 Å². The maximum atomic E-state index is 13.0. The Labute approximate surface area is 136 Å². The zero-order chi connectivity index (χ0) is 16.2. The molecule has 0 aromatic heterocycles. The number of carbonyl (C=O) groups is 1. The van der Waals surface area contributed by atoms with Crippen LogP contribution in [-0.4, -0.2) is 67.7 Å². The Kier molecular flexibility index (Phi) is 5.25. The minimum atomic E-state index is -0.265. The summed E-state index contributed by atoms with van der Waals surface area (Å²) in [5.74, 6) is -0.145. The van der Waals surface area contributed by atoms with Gasteiger partial charge in [0, 0.05) is 19.6 Å². The maximum Gasteiger partial charge on any atom is 0.236 e. The Bertz CT molecular complexity index is 537. The number of ether oxygens (including phenoxy) is 2. The topological polar surface area (TPSA) is 42.0 Å². The van der Waals surface area contributed by atoms with Crippen molar-refractivity contribution in [3.05, 3.63) is 35.6 Å². The summed E-state index contributed by atoms with van der Waals surface area (Å²) in [6, 6.07) is 6.29. The first kappa shape index (κ1) is 16.4. The second-order valence-electron chi connectivity index (χ2n) is 6.17. The van der Waals surface area contributed by atoms with Crippen LogP contribution in [0.5, 0.6) is 0 Å². The van der Waals surface area contributed by atoms with Gasteiger partial charge in [0.25, 0.3) is 0 Å². The third-order valence-electron chi connectivity index (χ3n) is 4.35. The lowest BCUT2D eigenvalue weighted by molar-refractivity contribution is -0.141. The van der Waals surface area contributed by atoms with Crippen LogP contribution in [0.3, 0.4) is 0 Å². The lowest BCUT2D eigenvalue weighted by atomic mass is 10.1. The number of rotatable bonds is 3. The molecule has 2 heterocycles. The molecule has 3 rings (SSSR count). The number of amides is 1. The van der Waals surface area contributed by atoms with Crippen molar-refractivity contribution in [3.63, 3.8) is 0 Å². The normalized spacial score (nSPS) is 26.3. The van der Waals surface area contributed by atoms with Crippen LogP contribution >= 0.6 is 0 Å². The summed E-state index contributed by atoms with van der Waals surface area (Å²) in [7, 11) is 0. The predicted molar refractivity (Wildman–Crippen MR) is 83.5 cm³/mol. The highest BCUT2D eigenvalue weighted by atomic mass is 19.1. The van der Waals surface area contributed by atoms with Crippen LogP contribution in [0.15, 0.2) is 24.3 Å². The van der Waals surface area contributed by atoms with E-state index in [9.17, 15) is 9.18 Å². The average molecular weight is 322 g/mol. The fraction of sp³-hybridized carbons (Fsp3) is 0.588. The van der Waals surface area contributed by atoms with Gasteiger partial charge in [-0.3, -0.25) is 9.69 Å². The van der Waals surface area contributed by atoms with Crippen LogP contribution in [0.4, 0.5) is 4.39 Å². The molecule has 2 atom stereocenters. The van der Waals surface area contributed by atoms with Gasteiger partial charge in [-0.25, -0.2) is 4.39 Å². The standard InChI is InChI=1S/C17H23FN2O3/c1-13-10-19(6-8-22-13)12-17(21)20-7-9-23-16(11-20)14-2-4-15(18)5-3-14/h2-5,13,16H,6-12H2,1H3. The van der Waals surface area contributed by atoms with Gasteiger partial charge < -0.3 is 14.4 Å². The molecule has 0 bridgehead atoms. The highest BCUT2D eigenvalue weighted by Gasteiger charge is 2.27. The Morgan fingerprint density at radius 3 is 2.65 bits per heavy atom. The third kappa shape index (κ3) is 4.28. The molecule has 0 aliphatic carbocycles. The van der Waals surface area contributed by atoms with Gasteiger partial charge in [-0.1, -0.05) is 12.1 Å². The number of benzene rings is 1. The minimum Gasteiger partial charge on any atom is -0.376 e. The van der Waals surface area contributed by atoms with Gasteiger partial charge in [-0.05, 0) is 24.6 Å². The highest BCUT2D eigenvalue weighted by Crippen LogP contribution is 2.22. The van der Waals surface area contributed by atoms with E-state index in [1.807, 2.05) is 11.8 Å². The Balaban J connectivity index is 1.57. The summed E-state index contributed by atoms with van der Waals surface area (Å²) in [5, 5.41) is 0. The largest absolute Gasteiger partial charge is 0.376 e. The quantitative estimate of drug-likeness (QED) is 0.845. The summed E-state index contributed by atoms with van der Waals surface area (Å²) in [5.41, 5.74) is 0.906. The molecule has 5 nitrogen and oxygen atoms in total. The second-order valence-corrected chi connectivity index (χ2v) is 6.17. The van der Waals surface area contributed by atoms with Gasteiger partial charge in [-0.15, -0.1) is 0 Å². The molecule has 2 saturated heterocycles. The van der Waals surface area contributed by atoms with E-state index >= 15 is 0 Å². The van der Waals surface area contributed by atoms with E-state index in [-0.39, 0.29) is 23.9 Å². The van der Waals surface area contributed by atoms with Crippen molar-refractivity contribution >= 4 is 5.91 Å². The van der Waals surface area contributed by atoms with E-state index in [4.69, 9.17) is 9.47 Å². The van der Waals surface area contributed by atoms with Crippen LogP contribution < -0.4 is 0 Å². The van der Waals surface area contributed by atoms with Crippen molar-refractivity contribution in [1.29, 1.82) is 0 Å². The molecule has 1 amide bonds. The van der Waals surface area contributed by atoms with Gasteiger partial charge in [0.1, 0.15) is 11.9 Å². The number of halogens is 1. The summed E-state index contributed by atoms with van der Waals surface area (Å²) in [6.45, 7) is 6.34. The summed E-state index contributed by atoms with van der Waals surface area (Å²) in [4.78, 5) is 16.5. The molecule has 0 radical (unpaired) electrons. The molecule has 126 valence electrons. The molecule has 2 unspecified atom stereocenters. The fourth-order valence-corrected chi connectivity index (χ4v) is 3.08. The molecule has 2 aliphatic rings. The van der Waals surface area contributed by atoms with Crippen LogP contribution in [0.1, 0.15) is 18.6 Å². The average Bonchev–Trinajstić information content (AvgIpc) is 2.56. The first-order valence-electron chi connectivity index (χ1n) is 8.10. The maximum absolute atomic E-state index is 13.0. The van der Waals surface area contributed by atoms with E-state index < -0.39 is 0 Å². The summed E-state index contributed by atoms with van der Waals surface area (Å²) >= 11 is 0. The van der Waals surface area contributed by atoms with Crippen LogP contribution in [0, 0.1) is 5.82 Å². The molecule has 0 saturated carbocycles. The molecule has 23 heavy (non-hydrogen) atoms. The van der Waals surface area contributed by atoms with Crippen molar-refractivity contribution in [2.75, 3.05) is 45.9 Å². The van der Waals surface area contributed by atoms with Crippen LogP contribution in [-0.2, 0) is 14.3 Å². The van der Waals surface area contributed by atoms with E-state index in [2.05, 4.69) is 4.90 Å². The monoisotopic (exact) mass is 322 g/mol. The number of hydrogen-bond acceptors (Lipinski definition) is 4. The van der Waals surface area contributed by atoms with Gasteiger partial charge in [0.15, 0.2) is 0 Å².